The van der Waals surface area contributed by atoms with Gasteiger partial charge in [-0.1, -0.05) is 32.0 Å². The molecule has 7 nitrogen and oxygen atoms in total. The fourth-order valence-corrected chi connectivity index (χ4v) is 3.40. The van der Waals surface area contributed by atoms with Gasteiger partial charge in [0.2, 0.25) is 0 Å². The van der Waals surface area contributed by atoms with Crippen LogP contribution in [-0.2, 0) is 0 Å². The summed E-state index contributed by atoms with van der Waals surface area (Å²) in [6.45, 7) is 11.0. The van der Waals surface area contributed by atoms with E-state index >= 15 is 0 Å². The molecule has 1 aromatic carbocycles. The van der Waals surface area contributed by atoms with E-state index in [9.17, 15) is 4.79 Å². The molecule has 3 rings (SSSR count). The molecule has 0 saturated carbocycles. The largest absolute Gasteiger partial charge is 0.478 e. The molecule has 1 aromatic heterocycles. The standard InChI is InChI=1S/C21H29N5O2/c1-14(2)17-8-6-7-9-18(17)25-10-12-26(13-11-25)21(27)24-19-20(28-5)23-16(4)15(3)22-19/h6-9,14H,10-13H2,1-5H3,(H,22,24,27). The highest BCUT2D eigenvalue weighted by molar-refractivity contribution is 5.89. The van der Waals surface area contributed by atoms with E-state index in [1.165, 1.54) is 18.4 Å². The van der Waals surface area contributed by atoms with Crippen LogP contribution in [-0.4, -0.2) is 54.2 Å². The van der Waals surface area contributed by atoms with Crippen molar-refractivity contribution in [3.63, 3.8) is 0 Å². The monoisotopic (exact) mass is 383 g/mol. The van der Waals surface area contributed by atoms with Crippen LogP contribution in [0.15, 0.2) is 24.3 Å². The average molecular weight is 383 g/mol. The predicted octanol–water partition coefficient (Wildman–Crippen LogP) is 3.58. The Kier molecular flexibility index (Phi) is 6.02. The molecule has 1 fully saturated rings. The van der Waals surface area contributed by atoms with Crippen molar-refractivity contribution in [2.45, 2.75) is 33.6 Å². The van der Waals surface area contributed by atoms with Gasteiger partial charge in [0, 0.05) is 31.9 Å². The molecule has 0 atom stereocenters. The van der Waals surface area contributed by atoms with Crippen LogP contribution in [0.5, 0.6) is 5.88 Å². The SMILES string of the molecule is COc1nc(C)c(C)nc1NC(=O)N1CCN(c2ccccc2C(C)C)CC1. The highest BCUT2D eigenvalue weighted by Crippen LogP contribution is 2.28. The van der Waals surface area contributed by atoms with Gasteiger partial charge in [0.25, 0.3) is 5.88 Å². The van der Waals surface area contributed by atoms with Crippen LogP contribution in [0.3, 0.4) is 0 Å². The summed E-state index contributed by atoms with van der Waals surface area (Å²) < 4.78 is 5.26. The van der Waals surface area contributed by atoms with Crippen molar-refractivity contribution >= 4 is 17.5 Å². The van der Waals surface area contributed by atoms with Gasteiger partial charge in [0.05, 0.1) is 18.5 Å². The lowest BCUT2D eigenvalue weighted by atomic mass is 10.00. The maximum atomic E-state index is 12.7. The first kappa shape index (κ1) is 19.9. The fourth-order valence-electron chi connectivity index (χ4n) is 3.40. The van der Waals surface area contributed by atoms with Gasteiger partial charge < -0.3 is 14.5 Å². The number of aromatic nitrogens is 2. The predicted molar refractivity (Wildman–Crippen MR) is 111 cm³/mol. The molecule has 7 heteroatoms. The second-order valence-corrected chi connectivity index (χ2v) is 7.37. The number of aryl methyl sites for hydroxylation is 2. The summed E-state index contributed by atoms with van der Waals surface area (Å²) in [4.78, 5) is 25.6. The van der Waals surface area contributed by atoms with Gasteiger partial charge in [-0.2, -0.15) is 0 Å². The Bertz CT molecular complexity index is 845. The number of para-hydroxylation sites is 1. The van der Waals surface area contributed by atoms with Gasteiger partial charge in [0.15, 0.2) is 5.82 Å². The minimum Gasteiger partial charge on any atom is -0.478 e. The molecule has 1 N–H and O–H groups in total. The number of anilines is 2. The molecule has 0 bridgehead atoms. The summed E-state index contributed by atoms with van der Waals surface area (Å²) in [6.07, 6.45) is 0. The Morgan fingerprint density at radius 3 is 2.36 bits per heavy atom. The molecule has 150 valence electrons. The molecule has 0 spiro atoms. The number of piperazine rings is 1. The molecular formula is C21H29N5O2. The summed E-state index contributed by atoms with van der Waals surface area (Å²) in [5.74, 6) is 1.16. The first-order valence-corrected chi connectivity index (χ1v) is 9.69. The molecular weight excluding hydrogens is 354 g/mol. The van der Waals surface area contributed by atoms with Crippen LogP contribution in [0.2, 0.25) is 0 Å². The fraction of sp³-hybridized carbons (Fsp3) is 0.476. The van der Waals surface area contributed by atoms with Gasteiger partial charge >= 0.3 is 6.03 Å². The number of benzene rings is 1. The van der Waals surface area contributed by atoms with Crippen molar-refractivity contribution in [3.05, 3.63) is 41.2 Å². The lowest BCUT2D eigenvalue weighted by Gasteiger charge is -2.37. The van der Waals surface area contributed by atoms with E-state index in [4.69, 9.17) is 4.74 Å². The summed E-state index contributed by atoms with van der Waals surface area (Å²) in [7, 11) is 1.53. The molecule has 2 amide bonds. The van der Waals surface area contributed by atoms with Crippen LogP contribution >= 0.6 is 0 Å². The number of ether oxygens (including phenoxy) is 1. The van der Waals surface area contributed by atoms with E-state index < -0.39 is 0 Å². The maximum Gasteiger partial charge on any atom is 0.323 e. The molecule has 2 heterocycles. The van der Waals surface area contributed by atoms with Gasteiger partial charge in [-0.05, 0) is 31.4 Å². The Morgan fingerprint density at radius 2 is 1.71 bits per heavy atom. The number of methoxy groups -OCH3 is 1. The summed E-state index contributed by atoms with van der Waals surface area (Å²) in [5.41, 5.74) is 4.16. The van der Waals surface area contributed by atoms with Gasteiger partial charge in [-0.3, -0.25) is 5.32 Å². The van der Waals surface area contributed by atoms with Crippen molar-refractivity contribution in [2.24, 2.45) is 0 Å². The Labute approximate surface area is 166 Å². The summed E-state index contributed by atoms with van der Waals surface area (Å²) in [6, 6.07) is 8.34. The van der Waals surface area contributed by atoms with Crippen molar-refractivity contribution in [2.75, 3.05) is 43.5 Å². The highest BCUT2D eigenvalue weighted by Gasteiger charge is 2.24. The second kappa shape index (κ2) is 8.46. The Hall–Kier alpha value is -2.83. The number of nitrogens with one attached hydrogen (secondary N) is 1. The quantitative estimate of drug-likeness (QED) is 0.874. The maximum absolute atomic E-state index is 12.7. The zero-order valence-corrected chi connectivity index (χ0v) is 17.3. The first-order valence-electron chi connectivity index (χ1n) is 9.69. The Balaban J connectivity index is 1.66. The van der Waals surface area contributed by atoms with E-state index in [0.29, 0.717) is 30.7 Å². The topological polar surface area (TPSA) is 70.6 Å². The number of carbonyl (C=O) groups is 1. The highest BCUT2D eigenvalue weighted by atomic mass is 16.5. The van der Waals surface area contributed by atoms with Crippen LogP contribution < -0.4 is 15.0 Å². The van der Waals surface area contributed by atoms with E-state index in [-0.39, 0.29) is 6.03 Å². The molecule has 1 aliphatic heterocycles. The van der Waals surface area contributed by atoms with Crippen LogP contribution in [0, 0.1) is 13.8 Å². The van der Waals surface area contributed by atoms with E-state index in [1.807, 2.05) is 18.7 Å². The third-order valence-corrected chi connectivity index (χ3v) is 5.16. The number of amides is 2. The molecule has 28 heavy (non-hydrogen) atoms. The van der Waals surface area contributed by atoms with Crippen LogP contribution in [0.1, 0.15) is 36.7 Å². The van der Waals surface area contributed by atoms with Crippen LogP contribution in [0.4, 0.5) is 16.3 Å². The molecule has 0 aliphatic carbocycles. The third kappa shape index (κ3) is 4.18. The van der Waals surface area contributed by atoms with Gasteiger partial charge in [-0.25, -0.2) is 14.8 Å². The normalized spacial score (nSPS) is 14.4. The van der Waals surface area contributed by atoms with Crippen LogP contribution in [0.25, 0.3) is 0 Å². The van der Waals surface area contributed by atoms with Gasteiger partial charge in [-0.15, -0.1) is 0 Å². The lowest BCUT2D eigenvalue weighted by Crippen LogP contribution is -2.50. The molecule has 1 saturated heterocycles. The molecule has 0 radical (unpaired) electrons. The number of hydrogen-bond donors (Lipinski definition) is 1. The third-order valence-electron chi connectivity index (χ3n) is 5.16. The van der Waals surface area contributed by atoms with Crippen molar-refractivity contribution in [1.82, 2.24) is 14.9 Å². The summed E-state index contributed by atoms with van der Waals surface area (Å²) >= 11 is 0. The summed E-state index contributed by atoms with van der Waals surface area (Å²) in [5, 5.41) is 2.85. The second-order valence-electron chi connectivity index (χ2n) is 7.37. The van der Waals surface area contributed by atoms with E-state index in [2.05, 4.69) is 58.3 Å². The average Bonchev–Trinajstić information content (AvgIpc) is 2.70. The molecule has 0 unspecified atom stereocenters. The minimum absolute atomic E-state index is 0.173. The number of carbonyl (C=O) groups excluding carboxylic acids is 1. The lowest BCUT2D eigenvalue weighted by molar-refractivity contribution is 0.208. The number of rotatable bonds is 4. The molecule has 1 aliphatic rings. The van der Waals surface area contributed by atoms with Crippen molar-refractivity contribution < 1.29 is 9.53 Å². The minimum atomic E-state index is -0.173. The zero-order chi connectivity index (χ0) is 20.3. The number of urea groups is 1. The van der Waals surface area contributed by atoms with E-state index in [0.717, 1.165) is 24.5 Å². The molecule has 2 aromatic rings. The number of hydrogen-bond acceptors (Lipinski definition) is 5. The Morgan fingerprint density at radius 1 is 1.07 bits per heavy atom. The number of nitrogens with zero attached hydrogens (tertiary/aromatic N) is 4. The first-order chi connectivity index (χ1) is 13.4. The van der Waals surface area contributed by atoms with Crippen molar-refractivity contribution in [1.29, 1.82) is 0 Å². The zero-order valence-electron chi connectivity index (χ0n) is 17.3. The van der Waals surface area contributed by atoms with E-state index in [1.54, 1.807) is 0 Å². The van der Waals surface area contributed by atoms with Crippen molar-refractivity contribution in [3.8, 4) is 5.88 Å². The van der Waals surface area contributed by atoms with Gasteiger partial charge in [0.1, 0.15) is 0 Å². The smallest absolute Gasteiger partial charge is 0.323 e.